The molecule has 4 aromatic rings. The van der Waals surface area contributed by atoms with Crippen LogP contribution >= 0.6 is 12.4 Å². The fourth-order valence-corrected chi connectivity index (χ4v) is 2.94. The predicted octanol–water partition coefficient (Wildman–Crippen LogP) is 4.65. The maximum atomic E-state index is 4.83. The van der Waals surface area contributed by atoms with Crippen LogP contribution < -0.4 is 5.32 Å². The van der Waals surface area contributed by atoms with E-state index in [2.05, 4.69) is 52.9 Å². The van der Waals surface area contributed by atoms with Crippen LogP contribution in [0.25, 0.3) is 16.9 Å². The van der Waals surface area contributed by atoms with Gasteiger partial charge in [0, 0.05) is 42.8 Å². The molecular weight excluding hydrogens is 356 g/mol. The number of rotatable bonds is 6. The summed E-state index contributed by atoms with van der Waals surface area (Å²) in [6.07, 6.45) is 5.71. The van der Waals surface area contributed by atoms with Gasteiger partial charge in [0.05, 0.1) is 11.4 Å². The van der Waals surface area contributed by atoms with Gasteiger partial charge in [-0.1, -0.05) is 48.5 Å². The molecule has 0 fully saturated rings. The SMILES string of the molecule is Cl.c1ccc(CNCc2cn(-c3ccccc3)nc2-c2ccncc2)cc1. The second kappa shape index (κ2) is 9.12. The number of halogens is 1. The Labute approximate surface area is 165 Å². The molecule has 0 spiro atoms. The van der Waals surface area contributed by atoms with Crippen LogP contribution in [0.15, 0.2) is 91.4 Å². The zero-order valence-electron chi connectivity index (χ0n) is 14.8. The Morgan fingerprint density at radius 2 is 1.44 bits per heavy atom. The second-order valence-electron chi connectivity index (χ2n) is 6.11. The van der Waals surface area contributed by atoms with E-state index in [1.807, 2.05) is 41.1 Å². The summed E-state index contributed by atoms with van der Waals surface area (Å²) in [5.74, 6) is 0. The Morgan fingerprint density at radius 3 is 2.15 bits per heavy atom. The zero-order valence-corrected chi connectivity index (χ0v) is 15.6. The Hall–Kier alpha value is -2.95. The number of nitrogens with zero attached hydrogens (tertiary/aromatic N) is 3. The molecule has 0 aliphatic rings. The lowest BCUT2D eigenvalue weighted by Gasteiger charge is -2.05. The lowest BCUT2D eigenvalue weighted by Crippen LogP contribution is -2.12. The zero-order chi connectivity index (χ0) is 17.6. The summed E-state index contributed by atoms with van der Waals surface area (Å²) in [6, 6.07) is 24.6. The molecule has 0 aliphatic heterocycles. The van der Waals surface area contributed by atoms with Crippen molar-refractivity contribution in [3.63, 3.8) is 0 Å². The average molecular weight is 377 g/mol. The first-order chi connectivity index (χ1) is 12.9. The largest absolute Gasteiger partial charge is 0.308 e. The molecule has 0 bridgehead atoms. The van der Waals surface area contributed by atoms with Gasteiger partial charge in [0.2, 0.25) is 0 Å². The smallest absolute Gasteiger partial charge is 0.0973 e. The standard InChI is InChI=1S/C22H20N4.ClH/c1-3-7-18(8-4-1)15-24-16-20-17-26(21-9-5-2-6-10-21)25-22(20)19-11-13-23-14-12-19;/h1-14,17,24H,15-16H2;1H. The monoisotopic (exact) mass is 376 g/mol. The van der Waals surface area contributed by atoms with Crippen molar-refractivity contribution < 1.29 is 0 Å². The van der Waals surface area contributed by atoms with Crippen LogP contribution in [0.2, 0.25) is 0 Å². The molecule has 1 N–H and O–H groups in total. The summed E-state index contributed by atoms with van der Waals surface area (Å²) >= 11 is 0. The van der Waals surface area contributed by atoms with Crippen LogP contribution in [0, 0.1) is 0 Å². The molecule has 0 radical (unpaired) electrons. The maximum Gasteiger partial charge on any atom is 0.0973 e. The van der Waals surface area contributed by atoms with Gasteiger partial charge in [0.1, 0.15) is 0 Å². The fourth-order valence-electron chi connectivity index (χ4n) is 2.94. The van der Waals surface area contributed by atoms with E-state index in [1.54, 1.807) is 12.4 Å². The van der Waals surface area contributed by atoms with Gasteiger partial charge < -0.3 is 5.32 Å². The molecule has 0 atom stereocenters. The minimum atomic E-state index is 0. The van der Waals surface area contributed by atoms with E-state index in [0.29, 0.717) is 0 Å². The topological polar surface area (TPSA) is 42.7 Å². The van der Waals surface area contributed by atoms with Crippen molar-refractivity contribution >= 4 is 12.4 Å². The Balaban J connectivity index is 0.00000210. The van der Waals surface area contributed by atoms with E-state index < -0.39 is 0 Å². The van der Waals surface area contributed by atoms with Gasteiger partial charge in [-0.05, 0) is 29.8 Å². The first kappa shape index (κ1) is 18.8. The van der Waals surface area contributed by atoms with Gasteiger partial charge in [0.15, 0.2) is 0 Å². The van der Waals surface area contributed by atoms with E-state index in [9.17, 15) is 0 Å². The normalized spacial score (nSPS) is 10.4. The van der Waals surface area contributed by atoms with Crippen molar-refractivity contribution in [2.45, 2.75) is 13.1 Å². The molecule has 0 saturated heterocycles. The molecule has 0 saturated carbocycles. The molecule has 0 aliphatic carbocycles. The van der Waals surface area contributed by atoms with Gasteiger partial charge in [-0.15, -0.1) is 12.4 Å². The summed E-state index contributed by atoms with van der Waals surface area (Å²) in [6.45, 7) is 1.58. The van der Waals surface area contributed by atoms with Crippen molar-refractivity contribution in [1.82, 2.24) is 20.1 Å². The molecule has 5 heteroatoms. The van der Waals surface area contributed by atoms with Gasteiger partial charge in [0.25, 0.3) is 0 Å². The van der Waals surface area contributed by atoms with E-state index in [1.165, 1.54) is 5.56 Å². The average Bonchev–Trinajstić information content (AvgIpc) is 3.14. The van der Waals surface area contributed by atoms with Crippen molar-refractivity contribution in [2.24, 2.45) is 0 Å². The lowest BCUT2D eigenvalue weighted by atomic mass is 10.1. The van der Waals surface area contributed by atoms with Crippen molar-refractivity contribution in [3.8, 4) is 16.9 Å². The summed E-state index contributed by atoms with van der Waals surface area (Å²) in [5.41, 5.74) is 5.55. The molecule has 4 nitrogen and oxygen atoms in total. The predicted molar refractivity (Wildman–Crippen MR) is 111 cm³/mol. The maximum absolute atomic E-state index is 4.83. The highest BCUT2D eigenvalue weighted by Crippen LogP contribution is 2.23. The van der Waals surface area contributed by atoms with Crippen molar-refractivity contribution in [1.29, 1.82) is 0 Å². The highest BCUT2D eigenvalue weighted by atomic mass is 35.5. The minimum Gasteiger partial charge on any atom is -0.308 e. The van der Waals surface area contributed by atoms with Crippen molar-refractivity contribution in [2.75, 3.05) is 0 Å². The summed E-state index contributed by atoms with van der Waals surface area (Å²) in [7, 11) is 0. The van der Waals surface area contributed by atoms with Gasteiger partial charge in [-0.3, -0.25) is 4.98 Å². The number of hydrogen-bond acceptors (Lipinski definition) is 3. The Morgan fingerprint density at radius 1 is 0.778 bits per heavy atom. The van der Waals surface area contributed by atoms with Gasteiger partial charge in [-0.2, -0.15) is 5.10 Å². The number of para-hydroxylation sites is 1. The molecule has 2 aromatic carbocycles. The minimum absolute atomic E-state index is 0. The third-order valence-corrected chi connectivity index (χ3v) is 4.25. The van der Waals surface area contributed by atoms with Crippen LogP contribution in [0.4, 0.5) is 0 Å². The Bertz CT molecular complexity index is 954. The highest BCUT2D eigenvalue weighted by Gasteiger charge is 2.12. The Kier molecular flexibility index (Phi) is 6.36. The van der Waals surface area contributed by atoms with Crippen LogP contribution in [-0.4, -0.2) is 14.8 Å². The number of hydrogen-bond donors (Lipinski definition) is 1. The van der Waals surface area contributed by atoms with E-state index in [-0.39, 0.29) is 12.4 Å². The number of benzene rings is 2. The fraction of sp³-hybridized carbons (Fsp3) is 0.0909. The molecule has 4 rings (SSSR count). The molecule has 27 heavy (non-hydrogen) atoms. The third-order valence-electron chi connectivity index (χ3n) is 4.25. The molecule has 2 aromatic heterocycles. The van der Waals surface area contributed by atoms with E-state index >= 15 is 0 Å². The van der Waals surface area contributed by atoms with E-state index in [0.717, 1.165) is 35.6 Å². The number of pyridine rings is 1. The molecule has 136 valence electrons. The summed E-state index contributed by atoms with van der Waals surface area (Å²) in [4.78, 5) is 4.12. The molecule has 0 amide bonds. The third kappa shape index (κ3) is 4.61. The lowest BCUT2D eigenvalue weighted by molar-refractivity contribution is 0.694. The van der Waals surface area contributed by atoms with Crippen LogP contribution in [0.5, 0.6) is 0 Å². The molecule has 0 unspecified atom stereocenters. The highest BCUT2D eigenvalue weighted by molar-refractivity contribution is 5.85. The first-order valence-electron chi connectivity index (χ1n) is 8.69. The number of nitrogens with one attached hydrogen (secondary N) is 1. The van der Waals surface area contributed by atoms with Crippen LogP contribution in [0.1, 0.15) is 11.1 Å². The molecular formula is C22H21ClN4. The van der Waals surface area contributed by atoms with Gasteiger partial charge in [-0.25, -0.2) is 4.68 Å². The summed E-state index contributed by atoms with van der Waals surface area (Å²) in [5, 5.41) is 8.35. The number of aromatic nitrogens is 3. The first-order valence-corrected chi connectivity index (χ1v) is 8.69. The molecule has 2 heterocycles. The second-order valence-corrected chi connectivity index (χ2v) is 6.11. The van der Waals surface area contributed by atoms with E-state index in [4.69, 9.17) is 5.10 Å². The quantitative estimate of drug-likeness (QED) is 0.532. The van der Waals surface area contributed by atoms with Gasteiger partial charge >= 0.3 is 0 Å². The van der Waals surface area contributed by atoms with Crippen molar-refractivity contribution in [3.05, 3.63) is 103 Å². The van der Waals surface area contributed by atoms with Crippen LogP contribution in [-0.2, 0) is 13.1 Å². The van der Waals surface area contributed by atoms with Crippen LogP contribution in [0.3, 0.4) is 0 Å². The summed E-state index contributed by atoms with van der Waals surface area (Å²) < 4.78 is 1.94.